The van der Waals surface area contributed by atoms with Crippen LogP contribution in [0, 0.1) is 0 Å². The van der Waals surface area contributed by atoms with Crippen LogP contribution >= 0.6 is 0 Å². The van der Waals surface area contributed by atoms with Crippen molar-refractivity contribution in [3.8, 4) is 0 Å². The highest BCUT2D eigenvalue weighted by Crippen LogP contribution is 2.11. The number of unbranched alkanes of at least 4 members (excludes halogenated alkanes) is 5. The molecule has 2 saturated heterocycles. The summed E-state index contributed by atoms with van der Waals surface area (Å²) in [4.78, 5) is 0. The quantitative estimate of drug-likeness (QED) is 0.503. The van der Waals surface area contributed by atoms with Gasteiger partial charge in [0.15, 0.2) is 0 Å². The molecule has 1 aromatic carbocycles. The topological polar surface area (TPSA) is 36.9 Å². The van der Waals surface area contributed by atoms with Crippen LogP contribution in [-0.2, 0) is 25.0 Å². The maximum atomic E-state index is 5.83. The van der Waals surface area contributed by atoms with E-state index in [0.717, 1.165) is 56.6 Å². The summed E-state index contributed by atoms with van der Waals surface area (Å²) in [5.41, 5.74) is 3.53. The number of hydrogen-bond donors (Lipinski definition) is 0. The summed E-state index contributed by atoms with van der Waals surface area (Å²) in [6.07, 6.45) is 10.9. The summed E-state index contributed by atoms with van der Waals surface area (Å²) in [6, 6.07) is 6.62. The lowest BCUT2D eigenvalue weighted by Gasteiger charge is -2.23. The van der Waals surface area contributed by atoms with Gasteiger partial charge in [-0.05, 0) is 42.2 Å². The third-order valence-electron chi connectivity index (χ3n) is 5.06. The van der Waals surface area contributed by atoms with Crippen molar-refractivity contribution in [2.75, 3.05) is 26.4 Å². The first-order valence-corrected chi connectivity index (χ1v) is 10.5. The predicted octanol–water partition coefficient (Wildman–Crippen LogP) is 2.85. The molecule has 0 aliphatic carbocycles. The Bertz CT molecular complexity index is 492. The zero-order chi connectivity index (χ0) is 18.0. The van der Waals surface area contributed by atoms with E-state index in [1.54, 1.807) is 0 Å². The summed E-state index contributed by atoms with van der Waals surface area (Å²) < 4.78 is 23.3. The van der Waals surface area contributed by atoms with E-state index in [2.05, 4.69) is 25.1 Å². The van der Waals surface area contributed by atoms with Crippen molar-refractivity contribution >= 4 is 25.2 Å². The molecule has 0 N–H and O–H groups in total. The lowest BCUT2D eigenvalue weighted by molar-refractivity contribution is 0.143. The molecule has 3 rings (SSSR count). The molecule has 0 atom stereocenters. The van der Waals surface area contributed by atoms with E-state index in [1.165, 1.54) is 44.1 Å². The van der Waals surface area contributed by atoms with Gasteiger partial charge in [-0.15, -0.1) is 0 Å². The largest absolute Gasteiger partial charge is 0.493 e. The van der Waals surface area contributed by atoms with E-state index >= 15 is 0 Å². The summed E-state index contributed by atoms with van der Waals surface area (Å²) in [7, 11) is -0.508. The Morgan fingerprint density at radius 3 is 1.73 bits per heavy atom. The molecule has 1 aromatic rings. The minimum Gasteiger partial charge on any atom is -0.407 e. The molecule has 0 unspecified atom stereocenters. The molecule has 2 heterocycles. The van der Waals surface area contributed by atoms with Gasteiger partial charge in [0.2, 0.25) is 0 Å². The van der Waals surface area contributed by atoms with Crippen LogP contribution in [0.1, 0.15) is 63.9 Å². The van der Waals surface area contributed by atoms with Gasteiger partial charge < -0.3 is 18.6 Å². The first-order chi connectivity index (χ1) is 12.9. The molecule has 4 nitrogen and oxygen atoms in total. The van der Waals surface area contributed by atoms with Crippen LogP contribution in [0.25, 0.3) is 0 Å². The van der Waals surface area contributed by atoms with Crippen molar-refractivity contribution in [2.45, 2.75) is 64.7 Å². The standard InChI is InChI=1S/C20H32B2O4/c1-2-3-4-5-6-7-10-18-15-19(21-23-11-8-12-24-21)17-20(16-18)22-25-13-9-14-26-22/h15-17H,2-14H2,1H3. The van der Waals surface area contributed by atoms with Gasteiger partial charge in [-0.1, -0.05) is 57.2 Å². The summed E-state index contributed by atoms with van der Waals surface area (Å²) in [5.74, 6) is 0. The van der Waals surface area contributed by atoms with Gasteiger partial charge in [-0.2, -0.15) is 0 Å². The fourth-order valence-corrected chi connectivity index (χ4v) is 3.63. The van der Waals surface area contributed by atoms with Gasteiger partial charge >= 0.3 is 14.2 Å². The van der Waals surface area contributed by atoms with Crippen LogP contribution in [-0.4, -0.2) is 40.7 Å². The molecule has 2 aliphatic heterocycles. The fraction of sp³-hybridized carbons (Fsp3) is 0.700. The van der Waals surface area contributed by atoms with Crippen LogP contribution < -0.4 is 10.9 Å². The number of aryl methyl sites for hydroxylation is 1. The number of benzene rings is 1. The van der Waals surface area contributed by atoms with E-state index in [4.69, 9.17) is 18.6 Å². The Morgan fingerprint density at radius 2 is 1.19 bits per heavy atom. The molecule has 0 spiro atoms. The Labute approximate surface area is 159 Å². The first-order valence-electron chi connectivity index (χ1n) is 10.5. The molecule has 6 heteroatoms. The van der Waals surface area contributed by atoms with E-state index in [0.29, 0.717) is 0 Å². The monoisotopic (exact) mass is 358 g/mol. The second kappa shape index (κ2) is 11.1. The predicted molar refractivity (Wildman–Crippen MR) is 107 cm³/mol. The Morgan fingerprint density at radius 1 is 0.692 bits per heavy atom. The van der Waals surface area contributed by atoms with Crippen LogP contribution in [0.15, 0.2) is 18.2 Å². The Kier molecular flexibility index (Phi) is 8.53. The normalized spacial score (nSPS) is 18.3. The molecular formula is C20H32B2O4. The molecule has 0 bridgehead atoms. The van der Waals surface area contributed by atoms with Crippen molar-refractivity contribution in [2.24, 2.45) is 0 Å². The first kappa shape index (κ1) is 19.9. The molecule has 2 aliphatic rings. The molecule has 0 amide bonds. The zero-order valence-electron chi connectivity index (χ0n) is 16.2. The lowest BCUT2D eigenvalue weighted by Crippen LogP contribution is -2.46. The number of hydrogen-bond acceptors (Lipinski definition) is 4. The SMILES string of the molecule is CCCCCCCCc1cc(B2OCCCO2)cc(B2OCCCO2)c1. The smallest absolute Gasteiger partial charge is 0.407 e. The van der Waals surface area contributed by atoms with Crippen molar-refractivity contribution in [3.05, 3.63) is 23.8 Å². The molecule has 142 valence electrons. The van der Waals surface area contributed by atoms with Gasteiger partial charge in [0.25, 0.3) is 0 Å². The van der Waals surface area contributed by atoms with Crippen molar-refractivity contribution in [1.82, 2.24) is 0 Å². The third-order valence-corrected chi connectivity index (χ3v) is 5.06. The van der Waals surface area contributed by atoms with Crippen molar-refractivity contribution in [3.63, 3.8) is 0 Å². The van der Waals surface area contributed by atoms with Crippen molar-refractivity contribution < 1.29 is 18.6 Å². The molecule has 0 saturated carbocycles. The third kappa shape index (κ3) is 6.12. The average molecular weight is 358 g/mol. The van der Waals surface area contributed by atoms with E-state index in [9.17, 15) is 0 Å². The molecular weight excluding hydrogens is 326 g/mol. The maximum absolute atomic E-state index is 5.83. The highest BCUT2D eigenvalue weighted by Gasteiger charge is 2.29. The Balaban J connectivity index is 1.65. The van der Waals surface area contributed by atoms with Crippen molar-refractivity contribution in [1.29, 1.82) is 0 Å². The van der Waals surface area contributed by atoms with Gasteiger partial charge in [0, 0.05) is 26.4 Å². The number of rotatable bonds is 9. The van der Waals surface area contributed by atoms with E-state index in [-0.39, 0.29) is 14.2 Å². The van der Waals surface area contributed by atoms with Crippen LogP contribution in [0.5, 0.6) is 0 Å². The van der Waals surface area contributed by atoms with Gasteiger partial charge in [0.05, 0.1) is 0 Å². The summed E-state index contributed by atoms with van der Waals surface area (Å²) in [6.45, 7) is 5.31. The van der Waals surface area contributed by atoms with Crippen LogP contribution in [0.3, 0.4) is 0 Å². The maximum Gasteiger partial charge on any atom is 0.493 e. The zero-order valence-corrected chi connectivity index (χ0v) is 16.2. The fourth-order valence-electron chi connectivity index (χ4n) is 3.63. The van der Waals surface area contributed by atoms with E-state index in [1.807, 2.05) is 0 Å². The summed E-state index contributed by atoms with van der Waals surface area (Å²) in [5, 5.41) is 0. The Hall–Kier alpha value is -0.810. The minimum atomic E-state index is -0.254. The summed E-state index contributed by atoms with van der Waals surface area (Å²) >= 11 is 0. The molecule has 0 aromatic heterocycles. The van der Waals surface area contributed by atoms with E-state index < -0.39 is 0 Å². The molecule has 2 fully saturated rings. The highest BCUT2D eigenvalue weighted by molar-refractivity contribution is 6.65. The highest BCUT2D eigenvalue weighted by atomic mass is 16.6. The van der Waals surface area contributed by atoms with Gasteiger partial charge in [0.1, 0.15) is 0 Å². The van der Waals surface area contributed by atoms with Gasteiger partial charge in [-0.25, -0.2) is 0 Å². The minimum absolute atomic E-state index is 0.254. The lowest BCUT2D eigenvalue weighted by atomic mass is 9.70. The molecule has 0 radical (unpaired) electrons. The average Bonchev–Trinajstić information content (AvgIpc) is 2.72. The molecule has 26 heavy (non-hydrogen) atoms. The van der Waals surface area contributed by atoms with Crippen LogP contribution in [0.4, 0.5) is 0 Å². The second-order valence-corrected chi connectivity index (χ2v) is 7.38. The van der Waals surface area contributed by atoms with Gasteiger partial charge in [-0.3, -0.25) is 0 Å². The van der Waals surface area contributed by atoms with Crippen LogP contribution in [0.2, 0.25) is 0 Å². The second-order valence-electron chi connectivity index (χ2n) is 7.38.